The number of urea groups is 1. The zero-order valence-electron chi connectivity index (χ0n) is 12.8. The van der Waals surface area contributed by atoms with Crippen molar-refractivity contribution in [1.82, 2.24) is 4.90 Å². The van der Waals surface area contributed by atoms with Crippen LogP contribution in [-0.4, -0.2) is 29.9 Å². The number of imide groups is 1. The number of nitrogens with zero attached hydrogens (tertiary/aromatic N) is 2. The van der Waals surface area contributed by atoms with Gasteiger partial charge in [0.05, 0.1) is 0 Å². The molecule has 0 bridgehead atoms. The molecule has 2 rings (SSSR count). The number of benzene rings is 1. The van der Waals surface area contributed by atoms with E-state index in [4.69, 9.17) is 0 Å². The van der Waals surface area contributed by atoms with E-state index in [2.05, 4.69) is 6.92 Å². The predicted molar refractivity (Wildman–Crippen MR) is 79.3 cm³/mol. The molecule has 1 heterocycles. The topological polar surface area (TPSA) is 40.6 Å². The SMILES string of the molecule is [CH2-]CCCCCC1C(=O)N(C)C(=O)N1c1ccc(F)cc1.[Y]. The second-order valence-electron chi connectivity index (χ2n) is 5.24. The summed E-state index contributed by atoms with van der Waals surface area (Å²) in [7, 11) is 1.48. The summed E-state index contributed by atoms with van der Waals surface area (Å²) in [6.07, 6.45) is 4.36. The Kier molecular flexibility index (Phi) is 7.63. The fourth-order valence-corrected chi connectivity index (χ4v) is 2.56. The first kappa shape index (κ1) is 19.2. The minimum absolute atomic E-state index is 0. The van der Waals surface area contributed by atoms with Gasteiger partial charge in [-0.25, -0.2) is 9.18 Å². The van der Waals surface area contributed by atoms with Crippen LogP contribution in [0.15, 0.2) is 24.3 Å². The van der Waals surface area contributed by atoms with E-state index in [1.807, 2.05) is 0 Å². The third-order valence-electron chi connectivity index (χ3n) is 3.75. The number of unbranched alkanes of at least 4 members (excludes halogenated alkanes) is 3. The Morgan fingerprint density at radius 1 is 1.14 bits per heavy atom. The van der Waals surface area contributed by atoms with Gasteiger partial charge in [0.15, 0.2) is 0 Å². The van der Waals surface area contributed by atoms with E-state index in [0.717, 1.165) is 30.6 Å². The molecular formula is C16H20FN2O2Y-. The molecule has 0 spiro atoms. The minimum atomic E-state index is -0.488. The van der Waals surface area contributed by atoms with Crippen molar-refractivity contribution < 1.29 is 46.7 Å². The van der Waals surface area contributed by atoms with Crippen LogP contribution in [0.5, 0.6) is 0 Å². The van der Waals surface area contributed by atoms with E-state index >= 15 is 0 Å². The third-order valence-corrected chi connectivity index (χ3v) is 3.75. The van der Waals surface area contributed by atoms with Crippen molar-refractivity contribution in [1.29, 1.82) is 0 Å². The van der Waals surface area contributed by atoms with Crippen molar-refractivity contribution in [2.45, 2.75) is 38.1 Å². The summed E-state index contributed by atoms with van der Waals surface area (Å²) in [5, 5.41) is 0. The maximum absolute atomic E-state index is 13.0. The van der Waals surface area contributed by atoms with Gasteiger partial charge in [-0.15, -0.1) is 0 Å². The average Bonchev–Trinajstić information content (AvgIpc) is 2.69. The first-order chi connectivity index (χ1) is 10.1. The molecule has 22 heavy (non-hydrogen) atoms. The molecule has 1 aliphatic heterocycles. The molecule has 0 aliphatic carbocycles. The second-order valence-corrected chi connectivity index (χ2v) is 5.24. The van der Waals surface area contributed by atoms with E-state index in [9.17, 15) is 14.0 Å². The fourth-order valence-electron chi connectivity index (χ4n) is 2.56. The van der Waals surface area contributed by atoms with Gasteiger partial charge in [0, 0.05) is 45.4 Å². The molecule has 4 nitrogen and oxygen atoms in total. The zero-order valence-corrected chi connectivity index (χ0v) is 15.6. The van der Waals surface area contributed by atoms with Crippen molar-refractivity contribution in [2.24, 2.45) is 0 Å². The average molecular weight is 380 g/mol. The number of rotatable bonds is 6. The van der Waals surface area contributed by atoms with Crippen LogP contribution in [0.3, 0.4) is 0 Å². The van der Waals surface area contributed by atoms with E-state index in [-0.39, 0.29) is 50.5 Å². The molecule has 6 heteroatoms. The Hall–Kier alpha value is -0.806. The Labute approximate surface area is 155 Å². The molecule has 0 saturated carbocycles. The molecule has 1 atom stereocenters. The standard InChI is InChI=1S/C16H20FN2O2.Y/c1-3-4-5-6-7-14-15(20)18(2)16(21)19(14)13-10-8-12(17)9-11-13;/h8-11,14H,1,3-7H2,2H3;/q-1;. The normalized spacial score (nSPS) is 17.9. The van der Waals surface area contributed by atoms with Crippen molar-refractivity contribution in [3.63, 3.8) is 0 Å². The number of carbonyl (C=O) groups is 2. The van der Waals surface area contributed by atoms with Crippen LogP contribution in [0.4, 0.5) is 14.9 Å². The zero-order chi connectivity index (χ0) is 15.4. The molecule has 1 unspecified atom stereocenters. The van der Waals surface area contributed by atoms with Gasteiger partial charge in [-0.3, -0.25) is 14.6 Å². The van der Waals surface area contributed by atoms with Gasteiger partial charge in [-0.2, -0.15) is 6.42 Å². The Bertz CT molecular complexity index is 521. The van der Waals surface area contributed by atoms with Gasteiger partial charge in [0.1, 0.15) is 11.9 Å². The third kappa shape index (κ3) is 4.14. The largest absolute Gasteiger partial charge is 0.343 e. The van der Waals surface area contributed by atoms with Gasteiger partial charge in [0.25, 0.3) is 5.91 Å². The number of hydrogen-bond acceptors (Lipinski definition) is 2. The summed E-state index contributed by atoms with van der Waals surface area (Å²) in [6.45, 7) is 3.79. The number of hydrogen-bond donors (Lipinski definition) is 0. The molecule has 1 radical (unpaired) electrons. The van der Waals surface area contributed by atoms with E-state index in [0.29, 0.717) is 12.1 Å². The second kappa shape index (κ2) is 8.73. The number of likely N-dealkylation sites (N-methyl/N-ethyl adjacent to an activating group) is 1. The number of anilines is 1. The van der Waals surface area contributed by atoms with Crippen LogP contribution < -0.4 is 4.90 Å². The first-order valence-electron chi connectivity index (χ1n) is 7.22. The van der Waals surface area contributed by atoms with Gasteiger partial charge >= 0.3 is 6.03 Å². The van der Waals surface area contributed by atoms with Crippen molar-refractivity contribution in [3.05, 3.63) is 37.0 Å². The summed E-state index contributed by atoms with van der Waals surface area (Å²) in [5.74, 6) is -0.559. The summed E-state index contributed by atoms with van der Waals surface area (Å²) in [4.78, 5) is 27.0. The Morgan fingerprint density at radius 2 is 1.77 bits per heavy atom. The summed E-state index contributed by atoms with van der Waals surface area (Å²) in [5.41, 5.74) is 0.557. The van der Waals surface area contributed by atoms with Crippen molar-refractivity contribution in [2.75, 3.05) is 11.9 Å². The molecule has 1 saturated heterocycles. The van der Waals surface area contributed by atoms with Crippen LogP contribution in [0, 0.1) is 12.7 Å². The van der Waals surface area contributed by atoms with Gasteiger partial charge in [-0.1, -0.05) is 19.3 Å². The molecule has 1 aromatic carbocycles. The quantitative estimate of drug-likeness (QED) is 0.431. The molecule has 3 amide bonds. The van der Waals surface area contributed by atoms with E-state index in [1.165, 1.54) is 36.2 Å². The fraction of sp³-hybridized carbons (Fsp3) is 0.438. The van der Waals surface area contributed by atoms with Crippen molar-refractivity contribution in [3.8, 4) is 0 Å². The molecule has 0 aromatic heterocycles. The van der Waals surface area contributed by atoms with Crippen LogP contribution in [0.1, 0.15) is 32.1 Å². The number of halogens is 1. The Morgan fingerprint density at radius 3 is 2.36 bits per heavy atom. The number of carbonyl (C=O) groups excluding carboxylic acids is 2. The molecule has 1 aromatic rings. The monoisotopic (exact) mass is 380 g/mol. The van der Waals surface area contributed by atoms with Crippen LogP contribution >= 0.6 is 0 Å². The van der Waals surface area contributed by atoms with Crippen LogP contribution in [0.2, 0.25) is 0 Å². The Balaban J connectivity index is 0.00000242. The van der Waals surface area contributed by atoms with Gasteiger partial charge in [-0.05, 0) is 30.7 Å². The van der Waals surface area contributed by atoms with E-state index in [1.54, 1.807) is 0 Å². The molecule has 1 aliphatic rings. The summed E-state index contributed by atoms with van der Waals surface area (Å²) < 4.78 is 13.0. The first-order valence-corrected chi connectivity index (χ1v) is 7.22. The summed E-state index contributed by atoms with van der Waals surface area (Å²) >= 11 is 0. The predicted octanol–water partition coefficient (Wildman–Crippen LogP) is 3.37. The van der Waals surface area contributed by atoms with Crippen LogP contribution in [-0.2, 0) is 37.5 Å². The molecular weight excluding hydrogens is 360 g/mol. The maximum atomic E-state index is 13.0. The van der Waals surface area contributed by atoms with Crippen molar-refractivity contribution >= 4 is 17.6 Å². The van der Waals surface area contributed by atoms with Crippen LogP contribution in [0.25, 0.3) is 0 Å². The summed E-state index contributed by atoms with van der Waals surface area (Å²) in [6, 6.07) is 4.81. The van der Waals surface area contributed by atoms with E-state index < -0.39 is 6.04 Å². The molecule has 117 valence electrons. The van der Waals surface area contributed by atoms with Gasteiger partial charge < -0.3 is 6.92 Å². The number of amides is 3. The smallest absolute Gasteiger partial charge is 0.331 e. The minimum Gasteiger partial charge on any atom is -0.343 e. The molecule has 1 fully saturated rings. The van der Waals surface area contributed by atoms with Gasteiger partial charge in [0.2, 0.25) is 0 Å². The maximum Gasteiger partial charge on any atom is 0.331 e. The molecule has 0 N–H and O–H groups in total.